The zero-order valence-corrected chi connectivity index (χ0v) is 25.0. The molecule has 3 atom stereocenters. The van der Waals surface area contributed by atoms with Gasteiger partial charge in [0.15, 0.2) is 0 Å². The van der Waals surface area contributed by atoms with Crippen LogP contribution in [0.3, 0.4) is 0 Å². The van der Waals surface area contributed by atoms with Gasteiger partial charge in [-0.15, -0.1) is 0 Å². The lowest BCUT2D eigenvalue weighted by atomic mass is 9.93. The Morgan fingerprint density at radius 1 is 1.08 bits per heavy atom. The maximum atomic E-state index is 5.48. The number of thioether (sulfide) groups is 1. The molecular formula is C32H43N5OS. The molecule has 1 saturated heterocycles. The average Bonchev–Trinajstić information content (AvgIpc) is 3.45. The zero-order valence-electron chi connectivity index (χ0n) is 24.2. The molecule has 0 spiro atoms. The number of fused-ring (bicyclic) bond motifs is 2. The SMILES string of the molecule is CSC(C)(CC1CC1n1nc(C)c2ccc(C(C)C)cc21)c1ccc2c(cnn2CCCN2CCOCC2)c1. The van der Waals surface area contributed by atoms with Crippen molar-refractivity contribution in [1.29, 1.82) is 0 Å². The van der Waals surface area contributed by atoms with E-state index >= 15 is 0 Å². The number of aryl methyl sites for hydroxylation is 2. The van der Waals surface area contributed by atoms with Gasteiger partial charge in [0.1, 0.15) is 0 Å². The fourth-order valence-electron chi connectivity index (χ4n) is 6.36. The first-order chi connectivity index (χ1) is 18.9. The molecule has 3 heterocycles. The van der Waals surface area contributed by atoms with E-state index in [1.807, 2.05) is 11.8 Å². The van der Waals surface area contributed by atoms with Gasteiger partial charge in [-0.3, -0.25) is 14.3 Å². The van der Waals surface area contributed by atoms with E-state index in [1.54, 1.807) is 0 Å². The van der Waals surface area contributed by atoms with E-state index in [4.69, 9.17) is 14.9 Å². The zero-order chi connectivity index (χ0) is 27.1. The van der Waals surface area contributed by atoms with Gasteiger partial charge < -0.3 is 4.74 Å². The van der Waals surface area contributed by atoms with Crippen molar-refractivity contribution < 1.29 is 4.74 Å². The monoisotopic (exact) mass is 545 g/mol. The number of hydrogen-bond donors (Lipinski definition) is 0. The molecule has 0 amide bonds. The predicted octanol–water partition coefficient (Wildman–Crippen LogP) is 6.77. The normalized spacial score (nSPS) is 21.7. The first-order valence-corrected chi connectivity index (χ1v) is 15.9. The fourth-order valence-corrected chi connectivity index (χ4v) is 7.10. The van der Waals surface area contributed by atoms with Crippen molar-refractivity contribution >= 4 is 33.6 Å². The topological polar surface area (TPSA) is 48.1 Å². The Kier molecular flexibility index (Phi) is 7.51. The van der Waals surface area contributed by atoms with Crippen molar-refractivity contribution in [3.05, 3.63) is 59.4 Å². The lowest BCUT2D eigenvalue weighted by Gasteiger charge is -2.29. The molecule has 7 heteroatoms. The van der Waals surface area contributed by atoms with Crippen LogP contribution in [-0.4, -0.2) is 63.6 Å². The van der Waals surface area contributed by atoms with Crippen LogP contribution in [-0.2, 0) is 16.0 Å². The third-order valence-electron chi connectivity index (χ3n) is 9.08. The van der Waals surface area contributed by atoms with Crippen LogP contribution >= 0.6 is 11.8 Å². The van der Waals surface area contributed by atoms with Crippen LogP contribution in [0.25, 0.3) is 21.8 Å². The van der Waals surface area contributed by atoms with Gasteiger partial charge in [0.05, 0.1) is 42.2 Å². The van der Waals surface area contributed by atoms with Crippen molar-refractivity contribution in [1.82, 2.24) is 24.5 Å². The number of morpholine rings is 1. The molecule has 2 aromatic carbocycles. The summed E-state index contributed by atoms with van der Waals surface area (Å²) in [4.78, 5) is 2.50. The van der Waals surface area contributed by atoms with Gasteiger partial charge in [-0.25, -0.2) is 0 Å². The summed E-state index contributed by atoms with van der Waals surface area (Å²) in [5.74, 6) is 1.17. The summed E-state index contributed by atoms with van der Waals surface area (Å²) in [5, 5.41) is 12.3. The minimum absolute atomic E-state index is 0.0626. The predicted molar refractivity (Wildman–Crippen MR) is 163 cm³/mol. The van der Waals surface area contributed by atoms with Crippen LogP contribution in [0.15, 0.2) is 42.6 Å². The highest BCUT2D eigenvalue weighted by atomic mass is 32.2. The summed E-state index contributed by atoms with van der Waals surface area (Å²) in [7, 11) is 0. The highest BCUT2D eigenvalue weighted by Gasteiger charge is 2.45. The van der Waals surface area contributed by atoms with E-state index in [2.05, 4.69) is 90.8 Å². The first kappa shape index (κ1) is 26.9. The Hall–Kier alpha value is -2.35. The maximum Gasteiger partial charge on any atom is 0.0691 e. The van der Waals surface area contributed by atoms with Crippen molar-refractivity contribution in [2.24, 2.45) is 5.92 Å². The quantitative estimate of drug-likeness (QED) is 0.220. The Bertz CT molecular complexity index is 1450. The Morgan fingerprint density at radius 2 is 1.90 bits per heavy atom. The van der Waals surface area contributed by atoms with Crippen LogP contribution in [0.4, 0.5) is 0 Å². The summed E-state index contributed by atoms with van der Waals surface area (Å²) in [6.45, 7) is 15.0. The summed E-state index contributed by atoms with van der Waals surface area (Å²) >= 11 is 1.98. The van der Waals surface area contributed by atoms with Crippen LogP contribution in [0, 0.1) is 12.8 Å². The van der Waals surface area contributed by atoms with Crippen molar-refractivity contribution in [2.45, 2.75) is 70.2 Å². The molecule has 1 aliphatic carbocycles. The standard InChI is InChI=1S/C32H43N5OS/c1-22(2)24-7-9-28-23(3)34-37(31(28)18-24)30-19-25(30)20-32(4,39-5)27-8-10-29-26(17-27)21-33-36(29)12-6-11-35-13-15-38-16-14-35/h7-10,17-18,21-22,25,30H,6,11-16,19-20H2,1-5H3. The lowest BCUT2D eigenvalue weighted by molar-refractivity contribution is 0.0368. The first-order valence-electron chi connectivity index (χ1n) is 14.7. The van der Waals surface area contributed by atoms with Gasteiger partial charge in [0, 0.05) is 41.7 Å². The van der Waals surface area contributed by atoms with E-state index < -0.39 is 0 Å². The van der Waals surface area contributed by atoms with Gasteiger partial charge in [-0.1, -0.05) is 32.0 Å². The highest BCUT2D eigenvalue weighted by molar-refractivity contribution is 7.99. The molecule has 1 saturated carbocycles. The van der Waals surface area contributed by atoms with E-state index in [1.165, 1.54) is 39.4 Å². The Balaban J connectivity index is 1.15. The van der Waals surface area contributed by atoms with E-state index in [0.29, 0.717) is 17.9 Å². The number of ether oxygens (including phenoxy) is 1. The number of nitrogens with zero attached hydrogens (tertiary/aromatic N) is 5. The van der Waals surface area contributed by atoms with Crippen molar-refractivity contribution in [3.63, 3.8) is 0 Å². The smallest absolute Gasteiger partial charge is 0.0691 e. The van der Waals surface area contributed by atoms with Crippen LogP contribution in [0.2, 0.25) is 0 Å². The fraction of sp³-hybridized carbons (Fsp3) is 0.562. The average molecular weight is 546 g/mol. The van der Waals surface area contributed by atoms with Gasteiger partial charge >= 0.3 is 0 Å². The summed E-state index contributed by atoms with van der Waals surface area (Å²) in [5.41, 5.74) is 6.49. The molecular weight excluding hydrogens is 502 g/mol. The molecule has 39 heavy (non-hydrogen) atoms. The molecule has 0 N–H and O–H groups in total. The number of hydrogen-bond acceptors (Lipinski definition) is 5. The van der Waals surface area contributed by atoms with E-state index in [0.717, 1.165) is 57.9 Å². The second kappa shape index (κ2) is 10.9. The Labute approximate surface area is 237 Å². The minimum Gasteiger partial charge on any atom is -0.379 e. The third-order valence-corrected chi connectivity index (χ3v) is 10.4. The summed E-state index contributed by atoms with van der Waals surface area (Å²) in [6, 6.07) is 14.4. The molecule has 6 rings (SSSR count). The molecule has 6 nitrogen and oxygen atoms in total. The second-order valence-corrected chi connectivity index (χ2v) is 13.4. The molecule has 0 radical (unpaired) electrons. The van der Waals surface area contributed by atoms with E-state index in [-0.39, 0.29) is 4.75 Å². The second-order valence-electron chi connectivity index (χ2n) is 12.1. The largest absolute Gasteiger partial charge is 0.379 e. The maximum absolute atomic E-state index is 5.48. The summed E-state index contributed by atoms with van der Waals surface area (Å²) < 4.78 is 10.1. The van der Waals surface area contributed by atoms with Gasteiger partial charge in [0.25, 0.3) is 0 Å². The van der Waals surface area contributed by atoms with Crippen LogP contribution < -0.4 is 0 Å². The molecule has 2 fully saturated rings. The van der Waals surface area contributed by atoms with Gasteiger partial charge in [0.2, 0.25) is 0 Å². The number of benzene rings is 2. The third kappa shape index (κ3) is 5.38. The van der Waals surface area contributed by atoms with E-state index in [9.17, 15) is 0 Å². The van der Waals surface area contributed by atoms with Crippen LogP contribution in [0.5, 0.6) is 0 Å². The molecule has 2 aromatic heterocycles. The molecule has 208 valence electrons. The molecule has 4 aromatic rings. The number of aromatic nitrogens is 4. The highest BCUT2D eigenvalue weighted by Crippen LogP contribution is 2.54. The van der Waals surface area contributed by atoms with Crippen molar-refractivity contribution in [2.75, 3.05) is 39.1 Å². The lowest BCUT2D eigenvalue weighted by Crippen LogP contribution is -2.37. The van der Waals surface area contributed by atoms with Gasteiger partial charge in [-0.05, 0) is 80.5 Å². The molecule has 2 aliphatic rings. The molecule has 1 aliphatic heterocycles. The molecule has 3 unspecified atom stereocenters. The minimum atomic E-state index is 0.0626. The van der Waals surface area contributed by atoms with Crippen molar-refractivity contribution in [3.8, 4) is 0 Å². The number of rotatable bonds is 10. The summed E-state index contributed by atoms with van der Waals surface area (Å²) in [6.07, 6.45) is 7.80. The van der Waals surface area contributed by atoms with Gasteiger partial charge in [-0.2, -0.15) is 22.0 Å². The Morgan fingerprint density at radius 3 is 2.67 bits per heavy atom. The molecule has 0 bridgehead atoms. The van der Waals surface area contributed by atoms with Crippen LogP contribution in [0.1, 0.15) is 68.8 Å².